The molecule has 1 aromatic heterocycles. The summed E-state index contributed by atoms with van der Waals surface area (Å²) in [6, 6.07) is 10.6. The van der Waals surface area contributed by atoms with Crippen molar-refractivity contribution in [3.63, 3.8) is 0 Å². The van der Waals surface area contributed by atoms with Gasteiger partial charge in [-0.15, -0.1) is 35.3 Å². The Labute approximate surface area is 166 Å². The Balaban J connectivity index is 0.00000288. The molecule has 0 saturated carbocycles. The van der Waals surface area contributed by atoms with Gasteiger partial charge in [0.1, 0.15) is 0 Å². The second-order valence-corrected chi connectivity index (χ2v) is 6.78. The fraction of sp³-hybridized carbons (Fsp3) is 0.444. The summed E-state index contributed by atoms with van der Waals surface area (Å²) in [5.74, 6) is 0.824. The third kappa shape index (κ3) is 6.05. The van der Waals surface area contributed by atoms with Crippen LogP contribution < -0.4 is 10.6 Å². The molecule has 0 saturated heterocycles. The van der Waals surface area contributed by atoms with E-state index in [1.807, 2.05) is 6.07 Å². The molecule has 0 aliphatic heterocycles. The number of hydrogen-bond donors (Lipinski definition) is 2. The average molecular weight is 458 g/mol. The van der Waals surface area contributed by atoms with Crippen LogP contribution in [0, 0.1) is 6.92 Å². The number of aryl methyl sites for hydroxylation is 2. The summed E-state index contributed by atoms with van der Waals surface area (Å²) in [4.78, 5) is 10.3. The Morgan fingerprint density at radius 1 is 1.29 bits per heavy atom. The summed E-state index contributed by atoms with van der Waals surface area (Å²) in [5, 5.41) is 7.98. The van der Waals surface area contributed by atoms with Crippen molar-refractivity contribution in [1.29, 1.82) is 0 Å². The minimum Gasteiger partial charge on any atom is -0.356 e. The van der Waals surface area contributed by atoms with Crippen molar-refractivity contribution >= 4 is 41.3 Å². The van der Waals surface area contributed by atoms with E-state index in [2.05, 4.69) is 65.6 Å². The van der Waals surface area contributed by atoms with Gasteiger partial charge in [-0.2, -0.15) is 0 Å². The predicted octanol–water partition coefficient (Wildman–Crippen LogP) is 4.10. The molecule has 0 radical (unpaired) electrons. The lowest BCUT2D eigenvalue weighted by Gasteiger charge is -2.18. The van der Waals surface area contributed by atoms with E-state index < -0.39 is 0 Å². The third-order valence-corrected chi connectivity index (χ3v) is 4.85. The predicted molar refractivity (Wildman–Crippen MR) is 115 cm³/mol. The molecule has 0 aliphatic rings. The number of hydrogen-bond acceptors (Lipinski definition) is 3. The molecule has 24 heavy (non-hydrogen) atoms. The van der Waals surface area contributed by atoms with Gasteiger partial charge < -0.3 is 10.6 Å². The summed E-state index contributed by atoms with van der Waals surface area (Å²) in [5.41, 5.74) is 2.48. The molecule has 0 aliphatic carbocycles. The van der Waals surface area contributed by atoms with Gasteiger partial charge in [0.2, 0.25) is 0 Å². The van der Waals surface area contributed by atoms with E-state index in [1.54, 1.807) is 18.4 Å². The molecule has 2 N–H and O–H groups in total. The molecule has 2 aromatic rings. The molecule has 0 fully saturated rings. The van der Waals surface area contributed by atoms with Crippen LogP contribution in [0.4, 0.5) is 0 Å². The molecule has 132 valence electrons. The Hall–Kier alpha value is -1.15. The molecule has 0 amide bonds. The van der Waals surface area contributed by atoms with Crippen LogP contribution in [0.15, 0.2) is 35.3 Å². The molecule has 0 spiro atoms. The number of nitrogens with zero attached hydrogens (tertiary/aromatic N) is 2. The minimum absolute atomic E-state index is 0. The van der Waals surface area contributed by atoms with Crippen molar-refractivity contribution < 1.29 is 0 Å². The van der Waals surface area contributed by atoms with Crippen molar-refractivity contribution in [3.05, 3.63) is 51.5 Å². The largest absolute Gasteiger partial charge is 0.356 e. The molecule has 1 atom stereocenters. The maximum atomic E-state index is 4.68. The topological polar surface area (TPSA) is 49.3 Å². The second kappa shape index (κ2) is 10.7. The third-order valence-electron chi connectivity index (χ3n) is 3.78. The number of aromatic nitrogens is 1. The summed E-state index contributed by atoms with van der Waals surface area (Å²) < 4.78 is 0. The molecular weight excluding hydrogens is 431 g/mol. The number of thiazole rings is 1. The SMILES string of the molecule is CCc1nc(CCNC(=NC)NC(C)c2ccccc2)sc1C.I. The van der Waals surface area contributed by atoms with Crippen molar-refractivity contribution in [2.24, 2.45) is 4.99 Å². The zero-order valence-electron chi connectivity index (χ0n) is 14.8. The van der Waals surface area contributed by atoms with Crippen molar-refractivity contribution in [2.75, 3.05) is 13.6 Å². The highest BCUT2D eigenvalue weighted by atomic mass is 127. The second-order valence-electron chi connectivity index (χ2n) is 5.49. The molecule has 1 heterocycles. The number of benzene rings is 1. The lowest BCUT2D eigenvalue weighted by atomic mass is 10.1. The van der Waals surface area contributed by atoms with Gasteiger partial charge in [0.15, 0.2) is 5.96 Å². The molecule has 1 unspecified atom stereocenters. The van der Waals surface area contributed by atoms with Gasteiger partial charge in [-0.05, 0) is 25.8 Å². The number of halogens is 1. The maximum absolute atomic E-state index is 4.68. The lowest BCUT2D eigenvalue weighted by Crippen LogP contribution is -2.39. The fourth-order valence-corrected chi connectivity index (χ4v) is 3.46. The first kappa shape index (κ1) is 20.9. The van der Waals surface area contributed by atoms with E-state index in [0.29, 0.717) is 0 Å². The van der Waals surface area contributed by atoms with Crippen LogP contribution in [0.25, 0.3) is 0 Å². The van der Waals surface area contributed by atoms with E-state index in [4.69, 9.17) is 0 Å². The summed E-state index contributed by atoms with van der Waals surface area (Å²) in [6.45, 7) is 7.27. The van der Waals surface area contributed by atoms with Crippen LogP contribution in [0.3, 0.4) is 0 Å². The van der Waals surface area contributed by atoms with Gasteiger partial charge in [0.25, 0.3) is 0 Å². The molecule has 1 aromatic carbocycles. The minimum atomic E-state index is 0. The van der Waals surface area contributed by atoms with Crippen molar-refractivity contribution in [3.8, 4) is 0 Å². The average Bonchev–Trinajstić information content (AvgIpc) is 2.94. The van der Waals surface area contributed by atoms with Crippen LogP contribution in [0.2, 0.25) is 0 Å². The number of rotatable bonds is 6. The Kier molecular flexibility index (Phi) is 9.28. The van der Waals surface area contributed by atoms with E-state index in [1.165, 1.54) is 21.1 Å². The van der Waals surface area contributed by atoms with Crippen LogP contribution >= 0.6 is 35.3 Å². The van der Waals surface area contributed by atoms with Crippen molar-refractivity contribution in [2.45, 2.75) is 39.7 Å². The van der Waals surface area contributed by atoms with Crippen LogP contribution in [-0.4, -0.2) is 24.5 Å². The van der Waals surface area contributed by atoms with E-state index in [9.17, 15) is 0 Å². The van der Waals surface area contributed by atoms with Crippen molar-refractivity contribution in [1.82, 2.24) is 15.6 Å². The number of guanidine groups is 1. The summed E-state index contributed by atoms with van der Waals surface area (Å²) in [6.07, 6.45) is 1.93. The molecular formula is C18H27IN4S. The van der Waals surface area contributed by atoms with E-state index in [-0.39, 0.29) is 30.0 Å². The molecule has 2 rings (SSSR count). The van der Waals surface area contributed by atoms with E-state index >= 15 is 0 Å². The van der Waals surface area contributed by atoms with Gasteiger partial charge in [-0.25, -0.2) is 4.98 Å². The Morgan fingerprint density at radius 2 is 2.00 bits per heavy atom. The van der Waals surface area contributed by atoms with Crippen LogP contribution in [0.5, 0.6) is 0 Å². The van der Waals surface area contributed by atoms with Gasteiger partial charge in [0, 0.05) is 24.9 Å². The first-order valence-electron chi connectivity index (χ1n) is 8.11. The van der Waals surface area contributed by atoms with E-state index in [0.717, 1.165) is 25.3 Å². The first-order valence-corrected chi connectivity index (χ1v) is 8.93. The van der Waals surface area contributed by atoms with Gasteiger partial charge in [0.05, 0.1) is 16.7 Å². The normalized spacial score (nSPS) is 12.4. The quantitative estimate of drug-likeness (QED) is 0.389. The van der Waals surface area contributed by atoms with Gasteiger partial charge in [-0.1, -0.05) is 37.3 Å². The zero-order chi connectivity index (χ0) is 16.7. The highest BCUT2D eigenvalue weighted by molar-refractivity contribution is 14.0. The maximum Gasteiger partial charge on any atom is 0.191 e. The highest BCUT2D eigenvalue weighted by Gasteiger charge is 2.08. The number of nitrogens with one attached hydrogen (secondary N) is 2. The standard InChI is InChI=1S/C18H26N4S.HI/c1-5-16-14(3)23-17(22-16)11-12-20-18(19-4)21-13(2)15-9-7-6-8-10-15;/h6-10,13H,5,11-12H2,1-4H3,(H2,19,20,21);1H. The van der Waals surface area contributed by atoms with Crippen LogP contribution in [0.1, 0.15) is 41.0 Å². The first-order chi connectivity index (χ1) is 11.1. The molecule has 4 nitrogen and oxygen atoms in total. The fourth-order valence-electron chi connectivity index (χ4n) is 2.44. The monoisotopic (exact) mass is 458 g/mol. The molecule has 6 heteroatoms. The Morgan fingerprint density at radius 3 is 2.58 bits per heavy atom. The Bertz CT molecular complexity index is 640. The summed E-state index contributed by atoms with van der Waals surface area (Å²) >= 11 is 1.80. The highest BCUT2D eigenvalue weighted by Crippen LogP contribution is 2.18. The zero-order valence-corrected chi connectivity index (χ0v) is 17.9. The van der Waals surface area contributed by atoms with Gasteiger partial charge in [-0.3, -0.25) is 4.99 Å². The van der Waals surface area contributed by atoms with Crippen LogP contribution in [-0.2, 0) is 12.8 Å². The smallest absolute Gasteiger partial charge is 0.191 e. The number of aliphatic imine (C=N–C) groups is 1. The lowest BCUT2D eigenvalue weighted by molar-refractivity contribution is 0.684. The molecule has 0 bridgehead atoms. The summed E-state index contributed by atoms with van der Waals surface area (Å²) in [7, 11) is 1.80. The van der Waals surface area contributed by atoms with Gasteiger partial charge >= 0.3 is 0 Å².